The second-order valence-electron chi connectivity index (χ2n) is 3.20. The Kier molecular flexibility index (Phi) is 3.97. The van der Waals surface area contributed by atoms with E-state index >= 15 is 0 Å². The summed E-state index contributed by atoms with van der Waals surface area (Å²) in [5.74, 6) is 0. The fourth-order valence-electron chi connectivity index (χ4n) is 1.16. The summed E-state index contributed by atoms with van der Waals surface area (Å²) in [6.07, 6.45) is 0.811. The first kappa shape index (κ1) is 11.1. The summed E-state index contributed by atoms with van der Waals surface area (Å²) in [7, 11) is 0. The molecule has 1 aromatic rings. The van der Waals surface area contributed by atoms with Gasteiger partial charge in [-0.05, 0) is 37.1 Å². The fourth-order valence-corrected chi connectivity index (χ4v) is 1.41. The Morgan fingerprint density at radius 2 is 2.29 bits per heavy atom. The van der Waals surface area contributed by atoms with Crippen molar-refractivity contribution in [3.63, 3.8) is 0 Å². The average Bonchev–Trinajstić information content (AvgIpc) is 2.19. The van der Waals surface area contributed by atoms with Crippen molar-refractivity contribution in [2.24, 2.45) is 0 Å². The number of anilines is 1. The van der Waals surface area contributed by atoms with Crippen molar-refractivity contribution in [2.45, 2.75) is 26.3 Å². The summed E-state index contributed by atoms with van der Waals surface area (Å²) < 4.78 is 1.09. The lowest BCUT2D eigenvalue weighted by Crippen LogP contribution is -2.15. The highest BCUT2D eigenvalue weighted by Gasteiger charge is 2.04. The molecule has 0 aliphatic heterocycles. The van der Waals surface area contributed by atoms with Gasteiger partial charge >= 0.3 is 0 Å². The summed E-state index contributed by atoms with van der Waals surface area (Å²) in [5, 5.41) is 12.0. The quantitative estimate of drug-likeness (QED) is 0.895. The Morgan fingerprint density at radius 3 is 2.79 bits per heavy atom. The van der Waals surface area contributed by atoms with Gasteiger partial charge in [-0.25, -0.2) is 0 Å². The van der Waals surface area contributed by atoms with Crippen molar-refractivity contribution in [3.05, 3.63) is 28.2 Å². The molecule has 0 amide bonds. The highest BCUT2D eigenvalue weighted by molar-refractivity contribution is 9.10. The van der Waals surface area contributed by atoms with Crippen molar-refractivity contribution in [3.8, 4) is 6.07 Å². The van der Waals surface area contributed by atoms with E-state index in [9.17, 15) is 0 Å². The van der Waals surface area contributed by atoms with E-state index in [2.05, 4.69) is 27.3 Å². The van der Waals surface area contributed by atoms with E-state index in [-0.39, 0.29) is 6.04 Å². The molecule has 0 aliphatic rings. The van der Waals surface area contributed by atoms with E-state index in [1.54, 1.807) is 0 Å². The van der Waals surface area contributed by atoms with E-state index in [0.29, 0.717) is 0 Å². The molecule has 74 valence electrons. The Balaban J connectivity index is 2.78. The van der Waals surface area contributed by atoms with Gasteiger partial charge in [0.15, 0.2) is 0 Å². The Bertz CT molecular complexity index is 355. The molecule has 1 unspecified atom stereocenters. The van der Waals surface area contributed by atoms with E-state index < -0.39 is 0 Å². The second kappa shape index (κ2) is 5.02. The molecule has 3 heteroatoms. The van der Waals surface area contributed by atoms with Crippen LogP contribution in [0.5, 0.6) is 0 Å². The van der Waals surface area contributed by atoms with Crippen LogP contribution in [0.1, 0.15) is 18.9 Å². The number of hydrogen-bond acceptors (Lipinski definition) is 2. The maximum absolute atomic E-state index is 8.79. The molecule has 0 aliphatic carbocycles. The minimum atomic E-state index is -0.101. The van der Waals surface area contributed by atoms with Gasteiger partial charge in [0.1, 0.15) is 6.04 Å². The molecule has 0 spiro atoms. The summed E-state index contributed by atoms with van der Waals surface area (Å²) in [6, 6.07) is 8.10. The predicted molar refractivity (Wildman–Crippen MR) is 62.2 cm³/mol. The third-order valence-electron chi connectivity index (χ3n) is 2.06. The summed E-state index contributed by atoms with van der Waals surface area (Å²) in [5.41, 5.74) is 2.17. The topological polar surface area (TPSA) is 35.8 Å². The fraction of sp³-hybridized carbons (Fsp3) is 0.364. The van der Waals surface area contributed by atoms with Crippen LogP contribution < -0.4 is 5.32 Å². The zero-order chi connectivity index (χ0) is 10.6. The SMILES string of the molecule is CCC(C#N)Nc1ccc(Br)c(C)c1. The molecule has 2 nitrogen and oxygen atoms in total. The monoisotopic (exact) mass is 252 g/mol. The van der Waals surface area contributed by atoms with Gasteiger partial charge in [0.05, 0.1) is 6.07 Å². The van der Waals surface area contributed by atoms with Crippen molar-refractivity contribution in [1.29, 1.82) is 5.26 Å². The first-order chi connectivity index (χ1) is 6.67. The minimum Gasteiger partial charge on any atom is -0.370 e. The molecule has 0 heterocycles. The third kappa shape index (κ3) is 2.74. The van der Waals surface area contributed by atoms with E-state index in [0.717, 1.165) is 16.6 Å². The van der Waals surface area contributed by atoms with Crippen LogP contribution in [0, 0.1) is 18.3 Å². The Morgan fingerprint density at radius 1 is 1.57 bits per heavy atom. The molecule has 0 aromatic heterocycles. The lowest BCUT2D eigenvalue weighted by molar-refractivity contribution is 0.845. The van der Waals surface area contributed by atoms with Gasteiger partial charge in [-0.1, -0.05) is 22.9 Å². The summed E-state index contributed by atoms with van der Waals surface area (Å²) >= 11 is 3.44. The highest BCUT2D eigenvalue weighted by Crippen LogP contribution is 2.20. The molecular formula is C11H13BrN2. The number of hydrogen-bond donors (Lipinski definition) is 1. The Labute approximate surface area is 93.1 Å². The largest absolute Gasteiger partial charge is 0.370 e. The van der Waals surface area contributed by atoms with Gasteiger partial charge in [0, 0.05) is 10.2 Å². The molecule has 1 N–H and O–H groups in total. The molecule has 0 fully saturated rings. The van der Waals surface area contributed by atoms with Crippen LogP contribution in [0.25, 0.3) is 0 Å². The predicted octanol–water partition coefficient (Wildman–Crippen LogP) is 3.47. The molecule has 1 atom stereocenters. The van der Waals surface area contributed by atoms with Crippen LogP contribution in [-0.2, 0) is 0 Å². The highest BCUT2D eigenvalue weighted by atomic mass is 79.9. The van der Waals surface area contributed by atoms with E-state index in [1.165, 1.54) is 5.56 Å². The number of rotatable bonds is 3. The molecule has 0 saturated carbocycles. The molecule has 0 bridgehead atoms. The molecule has 14 heavy (non-hydrogen) atoms. The zero-order valence-corrected chi connectivity index (χ0v) is 9.93. The maximum Gasteiger partial charge on any atom is 0.114 e. The number of nitrogens with one attached hydrogen (secondary N) is 1. The van der Waals surface area contributed by atoms with Crippen LogP contribution >= 0.6 is 15.9 Å². The molecule has 0 radical (unpaired) electrons. The number of aryl methyl sites for hydroxylation is 1. The molecule has 1 aromatic carbocycles. The van der Waals surface area contributed by atoms with E-state index in [4.69, 9.17) is 5.26 Å². The first-order valence-corrected chi connectivity index (χ1v) is 5.39. The van der Waals surface area contributed by atoms with Crippen LogP contribution in [0.15, 0.2) is 22.7 Å². The summed E-state index contributed by atoms with van der Waals surface area (Å²) in [6.45, 7) is 4.02. The molecule has 0 saturated heterocycles. The van der Waals surface area contributed by atoms with Crippen molar-refractivity contribution in [2.75, 3.05) is 5.32 Å². The van der Waals surface area contributed by atoms with E-state index in [1.807, 2.05) is 32.0 Å². The lowest BCUT2D eigenvalue weighted by atomic mass is 10.2. The summed E-state index contributed by atoms with van der Waals surface area (Å²) in [4.78, 5) is 0. The lowest BCUT2D eigenvalue weighted by Gasteiger charge is -2.11. The van der Waals surface area contributed by atoms with Crippen molar-refractivity contribution < 1.29 is 0 Å². The van der Waals surface area contributed by atoms with Gasteiger partial charge in [0.25, 0.3) is 0 Å². The minimum absolute atomic E-state index is 0.101. The van der Waals surface area contributed by atoms with Crippen LogP contribution in [0.4, 0.5) is 5.69 Å². The number of benzene rings is 1. The molecule has 1 rings (SSSR count). The van der Waals surface area contributed by atoms with Gasteiger partial charge in [-0.2, -0.15) is 5.26 Å². The normalized spacial score (nSPS) is 11.9. The smallest absolute Gasteiger partial charge is 0.114 e. The van der Waals surface area contributed by atoms with Crippen LogP contribution in [0.3, 0.4) is 0 Å². The average molecular weight is 253 g/mol. The van der Waals surface area contributed by atoms with Crippen LogP contribution in [0.2, 0.25) is 0 Å². The number of nitriles is 1. The van der Waals surface area contributed by atoms with Crippen molar-refractivity contribution in [1.82, 2.24) is 0 Å². The maximum atomic E-state index is 8.79. The molecular weight excluding hydrogens is 240 g/mol. The van der Waals surface area contributed by atoms with Crippen LogP contribution in [-0.4, -0.2) is 6.04 Å². The number of halogens is 1. The second-order valence-corrected chi connectivity index (χ2v) is 4.05. The zero-order valence-electron chi connectivity index (χ0n) is 8.34. The van der Waals surface area contributed by atoms with Crippen molar-refractivity contribution >= 4 is 21.6 Å². The Hall–Kier alpha value is -1.01. The first-order valence-electron chi connectivity index (χ1n) is 4.59. The van der Waals surface area contributed by atoms with Gasteiger partial charge in [-0.3, -0.25) is 0 Å². The van der Waals surface area contributed by atoms with Gasteiger partial charge in [0.2, 0.25) is 0 Å². The standard InChI is InChI=1S/C11H13BrN2/c1-3-9(7-13)14-10-4-5-11(12)8(2)6-10/h4-6,9,14H,3H2,1-2H3. The van der Waals surface area contributed by atoms with Gasteiger partial charge in [-0.15, -0.1) is 0 Å². The third-order valence-corrected chi connectivity index (χ3v) is 2.95. The number of nitrogens with zero attached hydrogens (tertiary/aromatic N) is 1. The van der Waals surface area contributed by atoms with Gasteiger partial charge < -0.3 is 5.32 Å².